The van der Waals surface area contributed by atoms with Crippen LogP contribution in [0.15, 0.2) is 28.8 Å². The Labute approximate surface area is 125 Å². The van der Waals surface area contributed by atoms with E-state index in [1.165, 1.54) is 0 Å². The molecule has 5 heteroatoms. The second-order valence-corrected chi connectivity index (χ2v) is 4.66. The molecule has 0 saturated heterocycles. The highest BCUT2D eigenvalue weighted by molar-refractivity contribution is 5.69. The Morgan fingerprint density at radius 1 is 1.19 bits per heavy atom. The maximum atomic E-state index is 5.81. The van der Waals surface area contributed by atoms with Crippen molar-refractivity contribution in [1.29, 1.82) is 0 Å². The number of rotatable bonds is 8. The number of hydrogen-bond donors (Lipinski definition) is 1. The maximum absolute atomic E-state index is 5.81. The SMILES string of the molecule is CCCNCCc1ncc(-c2cccc(OC)c2OC)o1. The summed E-state index contributed by atoms with van der Waals surface area (Å²) in [5, 5.41) is 3.33. The number of para-hydroxylation sites is 1. The van der Waals surface area contributed by atoms with Crippen LogP contribution < -0.4 is 14.8 Å². The van der Waals surface area contributed by atoms with Crippen molar-refractivity contribution >= 4 is 0 Å². The van der Waals surface area contributed by atoms with Gasteiger partial charge in [-0.05, 0) is 25.1 Å². The third-order valence-electron chi connectivity index (χ3n) is 3.16. The van der Waals surface area contributed by atoms with Gasteiger partial charge in [0, 0.05) is 13.0 Å². The van der Waals surface area contributed by atoms with Crippen LogP contribution in [-0.2, 0) is 6.42 Å². The molecule has 0 saturated carbocycles. The smallest absolute Gasteiger partial charge is 0.196 e. The first-order valence-corrected chi connectivity index (χ1v) is 7.17. The summed E-state index contributed by atoms with van der Waals surface area (Å²) in [5.41, 5.74) is 0.845. The molecule has 2 rings (SSSR count). The average molecular weight is 290 g/mol. The predicted molar refractivity (Wildman–Crippen MR) is 81.9 cm³/mol. The first kappa shape index (κ1) is 15.4. The van der Waals surface area contributed by atoms with Crippen molar-refractivity contribution in [3.8, 4) is 22.8 Å². The van der Waals surface area contributed by atoms with Crippen molar-refractivity contribution in [3.63, 3.8) is 0 Å². The molecule has 2 aromatic rings. The summed E-state index contributed by atoms with van der Waals surface area (Å²) >= 11 is 0. The maximum Gasteiger partial charge on any atom is 0.196 e. The van der Waals surface area contributed by atoms with E-state index in [2.05, 4.69) is 17.2 Å². The van der Waals surface area contributed by atoms with Gasteiger partial charge in [-0.1, -0.05) is 13.0 Å². The molecule has 0 unspecified atom stereocenters. The van der Waals surface area contributed by atoms with Gasteiger partial charge in [-0.25, -0.2) is 4.98 Å². The van der Waals surface area contributed by atoms with E-state index in [1.54, 1.807) is 20.4 Å². The molecule has 1 aromatic heterocycles. The van der Waals surface area contributed by atoms with Crippen molar-refractivity contribution in [2.75, 3.05) is 27.3 Å². The first-order chi connectivity index (χ1) is 10.3. The lowest BCUT2D eigenvalue weighted by Gasteiger charge is -2.10. The number of hydrogen-bond acceptors (Lipinski definition) is 5. The molecule has 0 aliphatic rings. The highest BCUT2D eigenvalue weighted by atomic mass is 16.5. The zero-order chi connectivity index (χ0) is 15.1. The van der Waals surface area contributed by atoms with Crippen LogP contribution in [0.1, 0.15) is 19.2 Å². The van der Waals surface area contributed by atoms with Gasteiger partial charge in [0.1, 0.15) is 0 Å². The first-order valence-electron chi connectivity index (χ1n) is 7.17. The van der Waals surface area contributed by atoms with E-state index >= 15 is 0 Å². The molecular formula is C16H22N2O3. The predicted octanol–water partition coefficient (Wildman–Crippen LogP) is 2.90. The molecule has 1 aromatic carbocycles. The fourth-order valence-electron chi connectivity index (χ4n) is 2.13. The molecule has 0 bridgehead atoms. The van der Waals surface area contributed by atoms with E-state index in [0.29, 0.717) is 17.3 Å². The molecule has 0 aliphatic heterocycles. The largest absolute Gasteiger partial charge is 0.493 e. The lowest BCUT2D eigenvalue weighted by Crippen LogP contribution is -2.17. The third-order valence-corrected chi connectivity index (χ3v) is 3.16. The third kappa shape index (κ3) is 3.76. The molecule has 0 fully saturated rings. The molecular weight excluding hydrogens is 268 g/mol. The summed E-state index contributed by atoms with van der Waals surface area (Å²) in [6.45, 7) is 4.02. The summed E-state index contributed by atoms with van der Waals surface area (Å²) in [7, 11) is 3.24. The Kier molecular flexibility index (Phi) is 5.63. The Morgan fingerprint density at radius 3 is 2.76 bits per heavy atom. The van der Waals surface area contributed by atoms with Crippen LogP contribution in [0.4, 0.5) is 0 Å². The minimum absolute atomic E-state index is 0.659. The van der Waals surface area contributed by atoms with Gasteiger partial charge in [-0.15, -0.1) is 0 Å². The number of oxazole rings is 1. The number of nitrogens with zero attached hydrogens (tertiary/aromatic N) is 1. The topological polar surface area (TPSA) is 56.5 Å². The lowest BCUT2D eigenvalue weighted by atomic mass is 10.1. The van der Waals surface area contributed by atoms with Crippen molar-refractivity contribution in [2.45, 2.75) is 19.8 Å². The highest BCUT2D eigenvalue weighted by Gasteiger charge is 2.15. The Balaban J connectivity index is 2.14. The Morgan fingerprint density at radius 2 is 2.05 bits per heavy atom. The number of methoxy groups -OCH3 is 2. The second kappa shape index (κ2) is 7.69. The van der Waals surface area contributed by atoms with E-state index < -0.39 is 0 Å². The van der Waals surface area contributed by atoms with Crippen LogP contribution in [-0.4, -0.2) is 32.3 Å². The van der Waals surface area contributed by atoms with Gasteiger partial charge in [0.25, 0.3) is 0 Å². The van der Waals surface area contributed by atoms with Crippen molar-refractivity contribution in [2.24, 2.45) is 0 Å². The van der Waals surface area contributed by atoms with Crippen molar-refractivity contribution in [3.05, 3.63) is 30.3 Å². The van der Waals surface area contributed by atoms with E-state index in [4.69, 9.17) is 13.9 Å². The standard InChI is InChI=1S/C16H22N2O3/c1-4-9-17-10-8-15-18-11-14(21-15)12-6-5-7-13(19-2)16(12)20-3/h5-7,11,17H,4,8-10H2,1-3H3. The van der Waals surface area contributed by atoms with E-state index in [-0.39, 0.29) is 0 Å². The quantitative estimate of drug-likeness (QED) is 0.758. The summed E-state index contributed by atoms with van der Waals surface area (Å²) in [6.07, 6.45) is 3.62. The van der Waals surface area contributed by atoms with E-state index in [9.17, 15) is 0 Å². The van der Waals surface area contributed by atoms with Gasteiger partial charge < -0.3 is 19.2 Å². The average Bonchev–Trinajstić information content (AvgIpc) is 2.99. The van der Waals surface area contributed by atoms with Crippen LogP contribution in [0.25, 0.3) is 11.3 Å². The summed E-state index contributed by atoms with van der Waals surface area (Å²) in [4.78, 5) is 4.32. The van der Waals surface area contributed by atoms with E-state index in [0.717, 1.165) is 37.4 Å². The van der Waals surface area contributed by atoms with Crippen LogP contribution in [0, 0.1) is 0 Å². The van der Waals surface area contributed by atoms with E-state index in [1.807, 2.05) is 18.2 Å². The molecule has 114 valence electrons. The molecule has 21 heavy (non-hydrogen) atoms. The van der Waals surface area contributed by atoms with Crippen LogP contribution in [0.5, 0.6) is 11.5 Å². The van der Waals surface area contributed by atoms with Gasteiger partial charge in [0.15, 0.2) is 23.1 Å². The fourth-order valence-corrected chi connectivity index (χ4v) is 2.13. The summed E-state index contributed by atoms with van der Waals surface area (Å²) < 4.78 is 16.5. The number of aromatic nitrogens is 1. The molecule has 0 radical (unpaired) electrons. The minimum atomic E-state index is 0.659. The van der Waals surface area contributed by atoms with Gasteiger partial charge in [0.2, 0.25) is 0 Å². The van der Waals surface area contributed by atoms with Crippen molar-refractivity contribution < 1.29 is 13.9 Å². The molecule has 0 spiro atoms. The second-order valence-electron chi connectivity index (χ2n) is 4.66. The molecule has 0 aliphatic carbocycles. The number of ether oxygens (including phenoxy) is 2. The Hall–Kier alpha value is -2.01. The highest BCUT2D eigenvalue weighted by Crippen LogP contribution is 2.37. The van der Waals surface area contributed by atoms with Crippen LogP contribution in [0.3, 0.4) is 0 Å². The lowest BCUT2D eigenvalue weighted by molar-refractivity contribution is 0.355. The molecule has 5 nitrogen and oxygen atoms in total. The molecule has 1 N–H and O–H groups in total. The monoisotopic (exact) mass is 290 g/mol. The zero-order valence-electron chi connectivity index (χ0n) is 12.8. The fraction of sp³-hybridized carbons (Fsp3) is 0.438. The summed E-state index contributed by atoms with van der Waals surface area (Å²) in [6, 6.07) is 5.69. The number of benzene rings is 1. The van der Waals surface area contributed by atoms with Crippen LogP contribution in [0.2, 0.25) is 0 Å². The van der Waals surface area contributed by atoms with Gasteiger partial charge >= 0.3 is 0 Å². The van der Waals surface area contributed by atoms with Gasteiger partial charge in [0.05, 0.1) is 26.0 Å². The summed E-state index contributed by atoms with van der Waals surface area (Å²) in [5.74, 6) is 2.75. The normalized spacial score (nSPS) is 10.6. The minimum Gasteiger partial charge on any atom is -0.493 e. The van der Waals surface area contributed by atoms with Crippen molar-refractivity contribution in [1.82, 2.24) is 10.3 Å². The van der Waals surface area contributed by atoms with Gasteiger partial charge in [-0.3, -0.25) is 0 Å². The van der Waals surface area contributed by atoms with Crippen LogP contribution >= 0.6 is 0 Å². The molecule has 0 atom stereocenters. The Bertz CT molecular complexity index is 566. The number of nitrogens with one attached hydrogen (secondary N) is 1. The zero-order valence-corrected chi connectivity index (χ0v) is 12.8. The van der Waals surface area contributed by atoms with Gasteiger partial charge in [-0.2, -0.15) is 0 Å². The molecule has 1 heterocycles. The molecule has 0 amide bonds.